The third-order valence-electron chi connectivity index (χ3n) is 2.85. The van der Waals surface area contributed by atoms with Crippen LogP contribution in [0.4, 0.5) is 0 Å². The van der Waals surface area contributed by atoms with Crippen LogP contribution in [0.5, 0.6) is 0 Å². The van der Waals surface area contributed by atoms with Gasteiger partial charge in [-0.3, -0.25) is 0 Å². The molecule has 20 heavy (non-hydrogen) atoms. The molecule has 110 valence electrons. The van der Waals surface area contributed by atoms with E-state index in [2.05, 4.69) is 0 Å². The minimum absolute atomic E-state index is 0.0344. The lowest BCUT2D eigenvalue weighted by molar-refractivity contribution is 0.300. The number of rotatable bonds is 7. The average Bonchev–Trinajstić information content (AvgIpc) is 3.07. The normalized spacial score (nSPS) is 12.2. The summed E-state index contributed by atoms with van der Waals surface area (Å²) in [5, 5.41) is 10.9. The molecule has 2 heterocycles. The Morgan fingerprint density at radius 3 is 2.65 bits per heavy atom. The van der Waals surface area contributed by atoms with E-state index in [1.807, 2.05) is 24.4 Å². The van der Waals surface area contributed by atoms with Gasteiger partial charge in [-0.1, -0.05) is 13.0 Å². The average molecular weight is 331 g/mol. The van der Waals surface area contributed by atoms with Gasteiger partial charge < -0.3 is 5.11 Å². The topological polar surface area (TPSA) is 57.6 Å². The second kappa shape index (κ2) is 6.82. The lowest BCUT2D eigenvalue weighted by atomic mass is 10.4. The fourth-order valence-corrected chi connectivity index (χ4v) is 5.54. The first-order chi connectivity index (χ1) is 9.57. The van der Waals surface area contributed by atoms with Crippen molar-refractivity contribution in [2.75, 3.05) is 13.2 Å². The molecule has 0 fully saturated rings. The molecular formula is C13H17NO3S3. The van der Waals surface area contributed by atoms with E-state index in [4.69, 9.17) is 5.11 Å². The summed E-state index contributed by atoms with van der Waals surface area (Å²) in [5.74, 6) is 0. The third kappa shape index (κ3) is 3.48. The predicted molar refractivity (Wildman–Crippen MR) is 82.7 cm³/mol. The van der Waals surface area contributed by atoms with Gasteiger partial charge in [0.2, 0.25) is 0 Å². The first-order valence-corrected chi connectivity index (χ1v) is 9.43. The molecule has 0 aromatic carbocycles. The number of sulfonamides is 1. The van der Waals surface area contributed by atoms with Gasteiger partial charge in [0, 0.05) is 35.9 Å². The molecule has 1 N–H and O–H groups in total. The fourth-order valence-electron chi connectivity index (χ4n) is 1.81. The maximum atomic E-state index is 12.6. The molecule has 0 bridgehead atoms. The summed E-state index contributed by atoms with van der Waals surface area (Å²) in [4.78, 5) is 1.92. The molecule has 0 radical (unpaired) electrons. The van der Waals surface area contributed by atoms with E-state index < -0.39 is 10.0 Å². The molecule has 2 rings (SSSR count). The Morgan fingerprint density at radius 1 is 1.25 bits per heavy atom. The van der Waals surface area contributed by atoms with Crippen molar-refractivity contribution in [3.63, 3.8) is 0 Å². The van der Waals surface area contributed by atoms with Crippen LogP contribution in [0.3, 0.4) is 0 Å². The van der Waals surface area contributed by atoms with Gasteiger partial charge in [0.1, 0.15) is 4.21 Å². The van der Waals surface area contributed by atoms with Crippen molar-refractivity contribution >= 4 is 32.7 Å². The zero-order valence-corrected chi connectivity index (χ0v) is 13.6. The summed E-state index contributed by atoms with van der Waals surface area (Å²) in [6.07, 6.45) is 0.497. The molecule has 0 aliphatic rings. The van der Waals surface area contributed by atoms with Crippen LogP contribution >= 0.6 is 22.7 Å². The molecule has 0 saturated carbocycles. The van der Waals surface area contributed by atoms with Crippen LogP contribution in [0.2, 0.25) is 0 Å². The van der Waals surface area contributed by atoms with Crippen molar-refractivity contribution < 1.29 is 13.5 Å². The van der Waals surface area contributed by atoms with Gasteiger partial charge in [0.25, 0.3) is 10.0 Å². The van der Waals surface area contributed by atoms with Gasteiger partial charge in [-0.15, -0.1) is 22.7 Å². The van der Waals surface area contributed by atoms with E-state index in [0.717, 1.165) is 9.75 Å². The number of hydrogen-bond donors (Lipinski definition) is 1. The van der Waals surface area contributed by atoms with E-state index in [-0.39, 0.29) is 6.61 Å². The van der Waals surface area contributed by atoms with E-state index in [1.165, 1.54) is 15.6 Å². The van der Waals surface area contributed by atoms with Crippen molar-refractivity contribution in [1.82, 2.24) is 4.31 Å². The number of aliphatic hydroxyl groups excluding tert-OH is 1. The quantitative estimate of drug-likeness (QED) is 0.848. The molecule has 0 unspecified atom stereocenters. The van der Waals surface area contributed by atoms with Crippen LogP contribution < -0.4 is 0 Å². The zero-order chi connectivity index (χ0) is 14.6. The van der Waals surface area contributed by atoms with Gasteiger partial charge in [0.05, 0.1) is 0 Å². The second-order valence-corrected chi connectivity index (χ2v) is 8.57. The number of hydrogen-bond acceptors (Lipinski definition) is 5. The molecule has 0 atom stereocenters. The highest BCUT2D eigenvalue weighted by Gasteiger charge is 2.25. The largest absolute Gasteiger partial charge is 0.396 e. The zero-order valence-electron chi connectivity index (χ0n) is 11.2. The SMILES string of the molecule is CCN(Cc1cccs1)S(=O)(=O)c1ccc(CCO)s1. The Balaban J connectivity index is 2.21. The standard InChI is InChI=1S/C13H17NO3S3/c1-2-14(10-12-4-3-9-18-12)20(16,17)13-6-5-11(19-13)7-8-15/h3-6,9,15H,2,7-8,10H2,1H3. The molecule has 0 aliphatic carbocycles. The van der Waals surface area contributed by atoms with Crippen LogP contribution in [0.15, 0.2) is 33.9 Å². The highest BCUT2D eigenvalue weighted by Crippen LogP contribution is 2.26. The molecule has 0 amide bonds. The molecule has 0 saturated heterocycles. The highest BCUT2D eigenvalue weighted by molar-refractivity contribution is 7.91. The van der Waals surface area contributed by atoms with Gasteiger partial charge in [-0.2, -0.15) is 4.31 Å². The Labute approximate surface area is 127 Å². The summed E-state index contributed by atoms with van der Waals surface area (Å²) in [6.45, 7) is 2.72. The minimum Gasteiger partial charge on any atom is -0.396 e. The summed E-state index contributed by atoms with van der Waals surface area (Å²) in [6, 6.07) is 7.26. The highest BCUT2D eigenvalue weighted by atomic mass is 32.2. The molecule has 0 spiro atoms. The maximum absolute atomic E-state index is 12.6. The van der Waals surface area contributed by atoms with Crippen LogP contribution in [0, 0.1) is 0 Å². The van der Waals surface area contributed by atoms with E-state index in [0.29, 0.717) is 23.7 Å². The Morgan fingerprint density at radius 2 is 2.05 bits per heavy atom. The number of aliphatic hydroxyl groups is 1. The predicted octanol–water partition coefficient (Wildman–Crippen LogP) is 2.56. The smallest absolute Gasteiger partial charge is 0.252 e. The van der Waals surface area contributed by atoms with Gasteiger partial charge in [-0.05, 0) is 23.6 Å². The van der Waals surface area contributed by atoms with Crippen LogP contribution in [-0.2, 0) is 23.0 Å². The Kier molecular flexibility index (Phi) is 5.34. The Hall–Kier alpha value is -0.730. The van der Waals surface area contributed by atoms with Gasteiger partial charge in [-0.25, -0.2) is 8.42 Å². The molecule has 4 nitrogen and oxygen atoms in total. The minimum atomic E-state index is -3.45. The Bertz CT molecular complexity index is 632. The lowest BCUT2D eigenvalue weighted by Crippen LogP contribution is -2.29. The number of thiophene rings is 2. The van der Waals surface area contributed by atoms with E-state index in [9.17, 15) is 8.42 Å². The van der Waals surface area contributed by atoms with Crippen molar-refractivity contribution in [2.45, 2.75) is 24.1 Å². The monoisotopic (exact) mass is 331 g/mol. The fraction of sp³-hybridized carbons (Fsp3) is 0.385. The third-order valence-corrected chi connectivity index (χ3v) is 7.25. The number of nitrogens with zero attached hydrogens (tertiary/aromatic N) is 1. The lowest BCUT2D eigenvalue weighted by Gasteiger charge is -2.18. The maximum Gasteiger partial charge on any atom is 0.252 e. The summed E-state index contributed by atoms with van der Waals surface area (Å²) < 4.78 is 27.0. The van der Waals surface area contributed by atoms with Gasteiger partial charge in [0.15, 0.2) is 0 Å². The second-order valence-electron chi connectivity index (χ2n) is 4.20. The molecular weight excluding hydrogens is 314 g/mol. The summed E-state index contributed by atoms with van der Waals surface area (Å²) >= 11 is 2.79. The van der Waals surface area contributed by atoms with Crippen molar-refractivity contribution in [1.29, 1.82) is 0 Å². The van der Waals surface area contributed by atoms with E-state index in [1.54, 1.807) is 23.5 Å². The van der Waals surface area contributed by atoms with Gasteiger partial charge >= 0.3 is 0 Å². The van der Waals surface area contributed by atoms with Crippen LogP contribution in [0.1, 0.15) is 16.7 Å². The molecule has 0 aliphatic heterocycles. The summed E-state index contributed by atoms with van der Waals surface area (Å²) in [5.41, 5.74) is 0. The van der Waals surface area contributed by atoms with Crippen molar-refractivity contribution in [3.05, 3.63) is 39.4 Å². The molecule has 2 aromatic rings. The summed E-state index contributed by atoms with van der Waals surface area (Å²) in [7, 11) is -3.45. The van der Waals surface area contributed by atoms with Crippen molar-refractivity contribution in [3.8, 4) is 0 Å². The van der Waals surface area contributed by atoms with Crippen LogP contribution in [-0.4, -0.2) is 31.0 Å². The van der Waals surface area contributed by atoms with Crippen LogP contribution in [0.25, 0.3) is 0 Å². The molecule has 2 aromatic heterocycles. The van der Waals surface area contributed by atoms with Crippen molar-refractivity contribution in [2.24, 2.45) is 0 Å². The first kappa shape index (κ1) is 15.7. The first-order valence-electron chi connectivity index (χ1n) is 6.30. The molecule has 7 heteroatoms. The van der Waals surface area contributed by atoms with E-state index >= 15 is 0 Å².